The standard InChI is InChI=1S/C20H18O4S2/c1-3-24-18-11-8-15(13-17(18)20(21)19-5-4-12-25-19)14-6-9-16(10-7-14)26(2,22)23/h4-13H,3H2,1-2H3. The van der Waals surface area contributed by atoms with E-state index in [2.05, 4.69) is 0 Å². The third-order valence-electron chi connectivity index (χ3n) is 3.88. The summed E-state index contributed by atoms with van der Waals surface area (Å²) in [4.78, 5) is 13.7. The smallest absolute Gasteiger partial charge is 0.206 e. The molecule has 0 aliphatic heterocycles. The van der Waals surface area contributed by atoms with E-state index in [0.29, 0.717) is 22.8 Å². The van der Waals surface area contributed by atoms with Gasteiger partial charge in [-0.15, -0.1) is 11.3 Å². The molecule has 0 spiro atoms. The van der Waals surface area contributed by atoms with Crippen LogP contribution in [0.15, 0.2) is 64.9 Å². The van der Waals surface area contributed by atoms with Gasteiger partial charge in [0.2, 0.25) is 5.78 Å². The lowest BCUT2D eigenvalue weighted by Crippen LogP contribution is -2.04. The van der Waals surface area contributed by atoms with Gasteiger partial charge >= 0.3 is 0 Å². The number of benzene rings is 2. The van der Waals surface area contributed by atoms with Gasteiger partial charge in [0.25, 0.3) is 0 Å². The van der Waals surface area contributed by atoms with Gasteiger partial charge < -0.3 is 4.74 Å². The number of sulfone groups is 1. The molecule has 1 aromatic heterocycles. The van der Waals surface area contributed by atoms with Crippen LogP contribution in [0.3, 0.4) is 0 Å². The predicted octanol–water partition coefficient (Wildman–Crippen LogP) is 4.45. The SMILES string of the molecule is CCOc1ccc(-c2ccc(S(C)(=O)=O)cc2)cc1C(=O)c1cccs1. The lowest BCUT2D eigenvalue weighted by molar-refractivity contribution is 0.103. The third-order valence-corrected chi connectivity index (χ3v) is 5.88. The average molecular weight is 386 g/mol. The summed E-state index contributed by atoms with van der Waals surface area (Å²) in [5.74, 6) is 0.459. The van der Waals surface area contributed by atoms with E-state index in [0.717, 1.165) is 11.1 Å². The van der Waals surface area contributed by atoms with Gasteiger partial charge in [-0.3, -0.25) is 4.79 Å². The summed E-state index contributed by atoms with van der Waals surface area (Å²) < 4.78 is 28.8. The second-order valence-electron chi connectivity index (χ2n) is 5.75. The molecule has 3 aromatic rings. The molecule has 134 valence electrons. The summed E-state index contributed by atoms with van der Waals surface area (Å²) in [7, 11) is -3.24. The lowest BCUT2D eigenvalue weighted by Gasteiger charge is -2.11. The Morgan fingerprint density at radius 1 is 1.04 bits per heavy atom. The van der Waals surface area contributed by atoms with E-state index >= 15 is 0 Å². The van der Waals surface area contributed by atoms with Gasteiger partial charge in [0, 0.05) is 6.26 Å². The number of ketones is 1. The van der Waals surface area contributed by atoms with Crippen molar-refractivity contribution >= 4 is 27.0 Å². The zero-order valence-corrected chi connectivity index (χ0v) is 16.1. The quantitative estimate of drug-likeness (QED) is 0.587. The molecular formula is C20H18O4S2. The summed E-state index contributed by atoms with van der Waals surface area (Å²) in [6.45, 7) is 2.34. The lowest BCUT2D eigenvalue weighted by atomic mass is 10.00. The van der Waals surface area contributed by atoms with E-state index in [1.807, 2.05) is 24.4 Å². The van der Waals surface area contributed by atoms with Gasteiger partial charge in [0.05, 0.1) is 21.9 Å². The van der Waals surface area contributed by atoms with E-state index in [9.17, 15) is 13.2 Å². The Hall–Kier alpha value is -2.44. The molecule has 0 saturated carbocycles. The van der Waals surface area contributed by atoms with Gasteiger partial charge in [-0.05, 0) is 53.8 Å². The van der Waals surface area contributed by atoms with Crippen LogP contribution in [0, 0.1) is 0 Å². The van der Waals surface area contributed by atoms with Crippen LogP contribution < -0.4 is 4.74 Å². The molecule has 6 heteroatoms. The maximum absolute atomic E-state index is 12.8. The number of hydrogen-bond acceptors (Lipinski definition) is 5. The van der Waals surface area contributed by atoms with E-state index in [1.54, 1.807) is 42.5 Å². The molecule has 0 bridgehead atoms. The van der Waals surface area contributed by atoms with Crippen LogP contribution in [0.1, 0.15) is 22.2 Å². The zero-order valence-electron chi connectivity index (χ0n) is 14.4. The molecule has 0 N–H and O–H groups in total. The monoisotopic (exact) mass is 386 g/mol. The molecule has 2 aromatic carbocycles. The van der Waals surface area contributed by atoms with Gasteiger partial charge in [-0.2, -0.15) is 0 Å². The van der Waals surface area contributed by atoms with Crippen molar-refractivity contribution in [3.63, 3.8) is 0 Å². The van der Waals surface area contributed by atoms with Crippen molar-refractivity contribution in [3.05, 3.63) is 70.4 Å². The van der Waals surface area contributed by atoms with Crippen LogP contribution in [-0.2, 0) is 9.84 Å². The van der Waals surface area contributed by atoms with Crippen LogP contribution >= 0.6 is 11.3 Å². The number of thiophene rings is 1. The highest BCUT2D eigenvalue weighted by molar-refractivity contribution is 7.90. The molecule has 26 heavy (non-hydrogen) atoms. The van der Waals surface area contributed by atoms with E-state index in [-0.39, 0.29) is 10.7 Å². The molecule has 4 nitrogen and oxygen atoms in total. The second kappa shape index (κ2) is 7.43. The van der Waals surface area contributed by atoms with Crippen molar-refractivity contribution in [2.75, 3.05) is 12.9 Å². The molecule has 1 heterocycles. The summed E-state index contributed by atoms with van der Waals surface area (Å²) in [5.41, 5.74) is 2.16. The average Bonchev–Trinajstić information content (AvgIpc) is 3.16. The minimum Gasteiger partial charge on any atom is -0.493 e. The van der Waals surface area contributed by atoms with E-state index < -0.39 is 9.84 Å². The fraction of sp³-hybridized carbons (Fsp3) is 0.150. The molecule has 0 saturated heterocycles. The number of carbonyl (C=O) groups excluding carboxylic acids is 1. The minimum atomic E-state index is -3.24. The number of ether oxygens (including phenoxy) is 1. The Bertz CT molecular complexity index is 1020. The normalized spacial score (nSPS) is 11.3. The largest absolute Gasteiger partial charge is 0.493 e. The molecular weight excluding hydrogens is 368 g/mol. The fourth-order valence-corrected chi connectivity index (χ4v) is 3.91. The van der Waals surface area contributed by atoms with Crippen LogP contribution in [-0.4, -0.2) is 27.1 Å². The Morgan fingerprint density at radius 3 is 2.31 bits per heavy atom. The number of carbonyl (C=O) groups is 1. The third kappa shape index (κ3) is 3.86. The first kappa shape index (κ1) is 18.4. The van der Waals surface area contributed by atoms with Crippen LogP contribution in [0.5, 0.6) is 5.75 Å². The second-order valence-corrected chi connectivity index (χ2v) is 8.71. The number of hydrogen-bond donors (Lipinski definition) is 0. The Kier molecular flexibility index (Phi) is 5.25. The van der Waals surface area contributed by atoms with Gasteiger partial charge in [0.15, 0.2) is 9.84 Å². The predicted molar refractivity (Wildman–Crippen MR) is 104 cm³/mol. The first-order valence-corrected chi connectivity index (χ1v) is 10.8. The van der Waals surface area contributed by atoms with E-state index in [4.69, 9.17) is 4.74 Å². The van der Waals surface area contributed by atoms with Gasteiger partial charge in [0.1, 0.15) is 5.75 Å². The highest BCUT2D eigenvalue weighted by Gasteiger charge is 2.17. The summed E-state index contributed by atoms with van der Waals surface area (Å²) >= 11 is 1.39. The van der Waals surface area contributed by atoms with Crippen LogP contribution in [0.25, 0.3) is 11.1 Å². The summed E-state index contributed by atoms with van der Waals surface area (Å²) in [6.07, 6.45) is 1.18. The molecule has 0 amide bonds. The molecule has 0 unspecified atom stereocenters. The van der Waals surface area contributed by atoms with E-state index in [1.165, 1.54) is 17.6 Å². The topological polar surface area (TPSA) is 60.4 Å². The maximum atomic E-state index is 12.8. The Balaban J connectivity index is 2.04. The Labute approximate surface area is 157 Å². The van der Waals surface area contributed by atoms with Gasteiger partial charge in [-0.25, -0.2) is 8.42 Å². The van der Waals surface area contributed by atoms with Crippen molar-refractivity contribution < 1.29 is 17.9 Å². The molecule has 0 fully saturated rings. The highest BCUT2D eigenvalue weighted by atomic mass is 32.2. The first-order valence-electron chi connectivity index (χ1n) is 8.05. The molecule has 3 rings (SSSR count). The van der Waals surface area contributed by atoms with Crippen molar-refractivity contribution in [2.24, 2.45) is 0 Å². The molecule has 0 radical (unpaired) electrons. The molecule has 0 aliphatic carbocycles. The van der Waals surface area contributed by atoms with Crippen molar-refractivity contribution in [2.45, 2.75) is 11.8 Å². The summed E-state index contributed by atoms with van der Waals surface area (Å²) in [6, 6.07) is 15.7. The number of rotatable bonds is 6. The van der Waals surface area contributed by atoms with Crippen LogP contribution in [0.4, 0.5) is 0 Å². The highest BCUT2D eigenvalue weighted by Crippen LogP contribution is 2.30. The maximum Gasteiger partial charge on any atom is 0.206 e. The zero-order chi connectivity index (χ0) is 18.7. The van der Waals surface area contributed by atoms with Gasteiger partial charge in [-0.1, -0.05) is 24.3 Å². The van der Waals surface area contributed by atoms with Crippen molar-refractivity contribution in [3.8, 4) is 16.9 Å². The minimum absolute atomic E-state index is 0.0851. The Morgan fingerprint density at radius 2 is 1.73 bits per heavy atom. The fourth-order valence-electron chi connectivity index (χ4n) is 2.60. The van der Waals surface area contributed by atoms with Crippen LogP contribution in [0.2, 0.25) is 0 Å². The molecule has 0 aliphatic rings. The van der Waals surface area contributed by atoms with Crippen molar-refractivity contribution in [1.82, 2.24) is 0 Å². The van der Waals surface area contributed by atoms with Crippen molar-refractivity contribution in [1.29, 1.82) is 0 Å². The summed E-state index contributed by atoms with van der Waals surface area (Å²) in [5, 5.41) is 1.86. The molecule has 0 atom stereocenters. The first-order chi connectivity index (χ1) is 12.4.